The molecule has 1 rings (SSSR count). The lowest BCUT2D eigenvalue weighted by Gasteiger charge is -2.09. The maximum absolute atomic E-state index is 13.4. The molecule has 0 amide bonds. The summed E-state index contributed by atoms with van der Waals surface area (Å²) in [5, 5.41) is 0. The predicted octanol–water partition coefficient (Wildman–Crippen LogP) is 4.74. The summed E-state index contributed by atoms with van der Waals surface area (Å²) in [4.78, 5) is 11.6. The van der Waals surface area contributed by atoms with Crippen LogP contribution < -0.4 is 4.74 Å². The molecule has 1 aromatic rings. The Balaban J connectivity index is 1.99. The number of alkyl halides is 1. The quantitative estimate of drug-likeness (QED) is 0.0336. The molecule has 0 saturated carbocycles. The van der Waals surface area contributed by atoms with Crippen LogP contribution in [0.1, 0.15) is 32.1 Å². The first-order chi connectivity index (χ1) is 15.9. The predicted molar refractivity (Wildman–Crippen MR) is 117 cm³/mol. The third kappa shape index (κ3) is 12.3. The zero-order valence-corrected chi connectivity index (χ0v) is 20.3. The smallest absolute Gasteiger partial charge is 0.313 e. The number of unbranched alkanes of at least 4 members (excludes halogenated alkanes) is 3. The molecule has 0 N–H and O–H groups in total. The van der Waals surface area contributed by atoms with Crippen LogP contribution in [0.2, 0.25) is 0 Å². The monoisotopic (exact) mass is 598 g/mol. The Morgan fingerprint density at radius 2 is 1.00 bits per heavy atom. The second-order valence-corrected chi connectivity index (χ2v) is 7.75. The van der Waals surface area contributed by atoms with Gasteiger partial charge in [0.2, 0.25) is 34.8 Å². The minimum Gasteiger partial charge on any atom is -0.420 e. The zero-order chi connectivity index (χ0) is 24.5. The summed E-state index contributed by atoms with van der Waals surface area (Å²) in [6, 6.07) is 0. The van der Waals surface area contributed by atoms with E-state index >= 15 is 0 Å². The minimum absolute atomic E-state index is 0.122. The molecule has 0 aliphatic carbocycles. The van der Waals surface area contributed by atoms with Crippen LogP contribution in [0.15, 0.2) is 0 Å². The Kier molecular flexibility index (Phi) is 16.6. The van der Waals surface area contributed by atoms with Gasteiger partial charge >= 0.3 is 5.97 Å². The summed E-state index contributed by atoms with van der Waals surface area (Å²) in [6.45, 7) is 2.59. The van der Waals surface area contributed by atoms with Gasteiger partial charge in [-0.15, -0.1) is 0 Å². The summed E-state index contributed by atoms with van der Waals surface area (Å²) >= 11 is 2.37. The van der Waals surface area contributed by atoms with Crippen LogP contribution in [-0.2, 0) is 23.7 Å². The molecular weight excluding hydrogens is 570 g/mol. The highest BCUT2D eigenvalue weighted by atomic mass is 127. The molecule has 0 bridgehead atoms. The van der Waals surface area contributed by atoms with E-state index in [0.717, 1.165) is 13.0 Å². The van der Waals surface area contributed by atoms with Crippen molar-refractivity contribution < 1.29 is 50.4 Å². The number of carbonyl (C=O) groups is 1. The van der Waals surface area contributed by atoms with Gasteiger partial charge in [0.15, 0.2) is 0 Å². The van der Waals surface area contributed by atoms with Crippen LogP contribution in [0.4, 0.5) is 22.0 Å². The van der Waals surface area contributed by atoms with Crippen molar-refractivity contribution in [2.24, 2.45) is 0 Å². The van der Waals surface area contributed by atoms with Gasteiger partial charge in [0, 0.05) is 6.61 Å². The fourth-order valence-electron chi connectivity index (χ4n) is 2.41. The largest absolute Gasteiger partial charge is 0.420 e. The lowest BCUT2D eigenvalue weighted by atomic mass is 10.2. The first-order valence-electron chi connectivity index (χ1n) is 10.5. The van der Waals surface area contributed by atoms with Gasteiger partial charge in [-0.1, -0.05) is 35.4 Å². The van der Waals surface area contributed by atoms with Crippen molar-refractivity contribution >= 4 is 28.6 Å². The normalized spacial score (nSPS) is 11.2. The highest BCUT2D eigenvalue weighted by Gasteiger charge is 2.28. The number of hydrogen-bond acceptors (Lipinski definition) is 6. The maximum Gasteiger partial charge on any atom is 0.313 e. The van der Waals surface area contributed by atoms with Gasteiger partial charge < -0.3 is 23.7 Å². The van der Waals surface area contributed by atoms with E-state index in [1.807, 2.05) is 0 Å². The number of benzene rings is 1. The van der Waals surface area contributed by atoms with Crippen molar-refractivity contribution in [2.45, 2.75) is 32.1 Å². The second kappa shape index (κ2) is 18.3. The van der Waals surface area contributed by atoms with Crippen LogP contribution >= 0.6 is 22.6 Å². The van der Waals surface area contributed by atoms with E-state index in [2.05, 4.69) is 27.3 Å². The molecule has 0 aliphatic rings. The van der Waals surface area contributed by atoms with E-state index in [-0.39, 0.29) is 19.8 Å². The molecule has 190 valence electrons. The lowest BCUT2D eigenvalue weighted by molar-refractivity contribution is -0.136. The standard InChI is InChI=1S/C21H28F5IO6/c22-16-17(23)19(25)21(20(26)18(16)24)33-15(28)5-8-30-10-12-32-14-13-31-11-9-29-7-4-2-1-3-6-27/h1-14H2. The van der Waals surface area contributed by atoms with Gasteiger partial charge in [0.05, 0.1) is 52.7 Å². The molecule has 6 nitrogen and oxygen atoms in total. The Morgan fingerprint density at radius 1 is 0.576 bits per heavy atom. The van der Waals surface area contributed by atoms with E-state index < -0.39 is 47.2 Å². The third-order valence-electron chi connectivity index (χ3n) is 4.12. The van der Waals surface area contributed by atoms with Gasteiger partial charge in [-0.05, 0) is 17.3 Å². The van der Waals surface area contributed by atoms with Gasteiger partial charge in [0.25, 0.3) is 0 Å². The average Bonchev–Trinajstić information content (AvgIpc) is 2.81. The molecule has 0 atom stereocenters. The van der Waals surface area contributed by atoms with Gasteiger partial charge in [-0.25, -0.2) is 13.2 Å². The highest BCUT2D eigenvalue weighted by Crippen LogP contribution is 2.29. The molecule has 12 heteroatoms. The molecule has 0 radical (unpaired) electrons. The molecule has 0 aromatic heterocycles. The number of esters is 1. The number of carbonyl (C=O) groups excluding carboxylic acids is 1. The summed E-state index contributed by atoms with van der Waals surface area (Å²) in [5.41, 5.74) is 0. The first-order valence-corrected chi connectivity index (χ1v) is 12.0. The fourth-order valence-corrected chi connectivity index (χ4v) is 2.95. The molecule has 1 aromatic carbocycles. The number of rotatable bonds is 19. The Bertz CT molecular complexity index is 681. The Hall–Kier alpha value is -1.09. The van der Waals surface area contributed by atoms with Crippen LogP contribution in [0.5, 0.6) is 5.75 Å². The topological polar surface area (TPSA) is 63.2 Å². The highest BCUT2D eigenvalue weighted by molar-refractivity contribution is 14.1. The summed E-state index contributed by atoms with van der Waals surface area (Å²) in [6.07, 6.45) is 4.24. The van der Waals surface area contributed by atoms with Crippen LogP contribution in [0.25, 0.3) is 0 Å². The molecule has 0 spiro atoms. The van der Waals surface area contributed by atoms with Crippen molar-refractivity contribution in [3.63, 3.8) is 0 Å². The summed E-state index contributed by atoms with van der Waals surface area (Å²) in [5.74, 6) is -14.0. The van der Waals surface area contributed by atoms with E-state index in [1.165, 1.54) is 23.7 Å². The molecule has 0 unspecified atom stereocenters. The number of hydrogen-bond donors (Lipinski definition) is 0. The van der Waals surface area contributed by atoms with Crippen molar-refractivity contribution in [2.75, 3.05) is 57.3 Å². The van der Waals surface area contributed by atoms with Crippen molar-refractivity contribution in [1.82, 2.24) is 0 Å². The zero-order valence-electron chi connectivity index (χ0n) is 18.1. The van der Waals surface area contributed by atoms with Crippen molar-refractivity contribution in [3.05, 3.63) is 29.1 Å². The molecular formula is C21H28F5IO6. The second-order valence-electron chi connectivity index (χ2n) is 6.68. The fraction of sp³-hybridized carbons (Fsp3) is 0.667. The molecule has 0 heterocycles. The summed E-state index contributed by atoms with van der Waals surface area (Å²) in [7, 11) is 0. The summed E-state index contributed by atoms with van der Waals surface area (Å²) < 4.78 is 92.6. The third-order valence-corrected chi connectivity index (χ3v) is 4.89. The molecule has 0 aliphatic heterocycles. The number of halogens is 6. The van der Waals surface area contributed by atoms with E-state index in [9.17, 15) is 26.7 Å². The molecule has 0 saturated heterocycles. The van der Waals surface area contributed by atoms with E-state index in [4.69, 9.17) is 18.9 Å². The Morgan fingerprint density at radius 3 is 1.52 bits per heavy atom. The first kappa shape index (κ1) is 29.9. The minimum atomic E-state index is -2.33. The molecule has 33 heavy (non-hydrogen) atoms. The lowest BCUT2D eigenvalue weighted by Crippen LogP contribution is -2.16. The molecule has 0 fully saturated rings. The van der Waals surface area contributed by atoms with Crippen LogP contribution in [-0.4, -0.2) is 63.3 Å². The maximum atomic E-state index is 13.4. The van der Waals surface area contributed by atoms with Gasteiger partial charge in [-0.2, -0.15) is 8.78 Å². The van der Waals surface area contributed by atoms with Gasteiger partial charge in [0.1, 0.15) is 0 Å². The van der Waals surface area contributed by atoms with Crippen molar-refractivity contribution in [1.29, 1.82) is 0 Å². The SMILES string of the molecule is O=C(CCOCCOCCOCCOCCCCCCI)Oc1c(F)c(F)c(F)c(F)c1F. The van der Waals surface area contributed by atoms with Gasteiger partial charge in [-0.3, -0.25) is 4.79 Å². The van der Waals surface area contributed by atoms with Crippen LogP contribution in [0, 0.1) is 29.1 Å². The van der Waals surface area contributed by atoms with E-state index in [0.29, 0.717) is 26.4 Å². The Labute approximate surface area is 203 Å². The van der Waals surface area contributed by atoms with Crippen molar-refractivity contribution in [3.8, 4) is 5.75 Å². The van der Waals surface area contributed by atoms with E-state index in [1.54, 1.807) is 0 Å². The van der Waals surface area contributed by atoms with Crippen LogP contribution in [0.3, 0.4) is 0 Å². The average molecular weight is 598 g/mol. The number of ether oxygens (including phenoxy) is 5.